The lowest BCUT2D eigenvalue weighted by Crippen LogP contribution is -2.52. The number of pyridine rings is 1. The van der Waals surface area contributed by atoms with Gasteiger partial charge in [-0.15, -0.1) is 0 Å². The van der Waals surface area contributed by atoms with E-state index in [1.54, 1.807) is 29.2 Å². The summed E-state index contributed by atoms with van der Waals surface area (Å²) in [6.45, 7) is 7.30. The molecule has 2 aromatic rings. The van der Waals surface area contributed by atoms with Crippen LogP contribution in [-0.4, -0.2) is 60.2 Å². The molecule has 2 amide bonds. The second-order valence-corrected chi connectivity index (χ2v) is 12.6. The maximum absolute atomic E-state index is 13.2. The fraction of sp³-hybridized carbons (Fsp3) is 0.480. The van der Waals surface area contributed by atoms with Crippen LogP contribution < -0.4 is 10.9 Å². The van der Waals surface area contributed by atoms with Crippen LogP contribution in [0.2, 0.25) is 5.02 Å². The SMILES string of the molecule is CN(S(=O)C1(CN2CCn3c(ccc(C(=O)NCc4ccc(Cl)cc4)c3=O)C2=O)CC1)C(C)(C)C. The van der Waals surface area contributed by atoms with Crippen LogP contribution >= 0.6 is 11.6 Å². The molecule has 8 nitrogen and oxygen atoms in total. The summed E-state index contributed by atoms with van der Waals surface area (Å²) in [5.41, 5.74) is 0.366. The fourth-order valence-corrected chi connectivity index (χ4v) is 6.01. The third kappa shape index (κ3) is 5.22. The van der Waals surface area contributed by atoms with E-state index in [1.807, 2.05) is 32.1 Å². The van der Waals surface area contributed by atoms with Crippen LogP contribution in [0, 0.1) is 0 Å². The highest BCUT2D eigenvalue weighted by Gasteiger charge is 2.53. The molecule has 1 unspecified atom stereocenters. The van der Waals surface area contributed by atoms with Gasteiger partial charge in [0.2, 0.25) is 0 Å². The van der Waals surface area contributed by atoms with Gasteiger partial charge in [0, 0.05) is 43.8 Å². The number of rotatable bonds is 7. The van der Waals surface area contributed by atoms with Crippen molar-refractivity contribution in [1.29, 1.82) is 0 Å². The average Bonchev–Trinajstić information content (AvgIpc) is 3.60. The maximum Gasteiger partial charge on any atom is 0.270 e. The number of hydrogen-bond donors (Lipinski definition) is 1. The molecule has 0 spiro atoms. The van der Waals surface area contributed by atoms with E-state index in [9.17, 15) is 18.6 Å². The number of benzene rings is 1. The van der Waals surface area contributed by atoms with Gasteiger partial charge in [-0.2, -0.15) is 0 Å². The van der Waals surface area contributed by atoms with E-state index in [4.69, 9.17) is 11.6 Å². The van der Waals surface area contributed by atoms with Crippen molar-refractivity contribution >= 4 is 34.4 Å². The lowest BCUT2D eigenvalue weighted by molar-refractivity contribution is 0.0694. The number of amides is 2. The van der Waals surface area contributed by atoms with Gasteiger partial charge in [-0.25, -0.2) is 8.51 Å². The molecule has 2 aliphatic rings. The largest absolute Gasteiger partial charge is 0.348 e. The Morgan fingerprint density at radius 1 is 1.11 bits per heavy atom. The molecular weight excluding hydrogens is 488 g/mol. The molecule has 1 aliphatic carbocycles. The smallest absolute Gasteiger partial charge is 0.270 e. The Labute approximate surface area is 212 Å². The summed E-state index contributed by atoms with van der Waals surface area (Å²) in [6.07, 6.45) is 1.59. The van der Waals surface area contributed by atoms with E-state index in [0.717, 1.165) is 18.4 Å². The summed E-state index contributed by atoms with van der Waals surface area (Å²) < 4.78 is 16.0. The van der Waals surface area contributed by atoms with Crippen LogP contribution in [0.5, 0.6) is 0 Å². The van der Waals surface area contributed by atoms with E-state index < -0.39 is 27.2 Å². The summed E-state index contributed by atoms with van der Waals surface area (Å²) in [7, 11) is 0.619. The van der Waals surface area contributed by atoms with E-state index in [1.165, 1.54) is 16.7 Å². The number of carbonyl (C=O) groups is 2. The first-order valence-electron chi connectivity index (χ1n) is 11.6. The van der Waals surface area contributed by atoms with E-state index in [-0.39, 0.29) is 35.8 Å². The number of nitrogens with zero attached hydrogens (tertiary/aromatic N) is 3. The zero-order valence-electron chi connectivity index (χ0n) is 20.5. The summed E-state index contributed by atoms with van der Waals surface area (Å²) >= 11 is 5.89. The molecule has 35 heavy (non-hydrogen) atoms. The van der Waals surface area contributed by atoms with Crippen LogP contribution in [0.4, 0.5) is 0 Å². The standard InChI is InChI=1S/C25H31ClN4O4S/c1-24(2,3)28(4)35(34)25(11-12-25)16-29-13-14-30-20(23(29)33)10-9-19(22(30)32)21(31)27-15-17-5-7-18(26)8-6-17/h5-10H,11-16H2,1-4H3,(H,27,31). The van der Waals surface area contributed by atoms with Crippen molar-refractivity contribution in [2.24, 2.45) is 0 Å². The third-order valence-electron chi connectivity index (χ3n) is 6.74. The van der Waals surface area contributed by atoms with E-state index in [0.29, 0.717) is 18.1 Å². The topological polar surface area (TPSA) is 91.7 Å². The Bertz CT molecular complexity index is 1230. The van der Waals surface area contributed by atoms with Crippen molar-refractivity contribution in [2.75, 3.05) is 20.1 Å². The Morgan fingerprint density at radius 2 is 1.77 bits per heavy atom. The molecule has 10 heteroatoms. The molecule has 1 N–H and O–H groups in total. The molecule has 0 bridgehead atoms. The average molecular weight is 519 g/mol. The minimum absolute atomic E-state index is 0.00414. The predicted octanol–water partition coefficient (Wildman–Crippen LogP) is 2.81. The Kier molecular flexibility index (Phi) is 6.96. The molecule has 1 aliphatic heterocycles. The summed E-state index contributed by atoms with van der Waals surface area (Å²) in [4.78, 5) is 40.6. The summed E-state index contributed by atoms with van der Waals surface area (Å²) in [5.74, 6) is -0.768. The van der Waals surface area contributed by atoms with Crippen LogP contribution in [0.3, 0.4) is 0 Å². The first-order valence-corrected chi connectivity index (χ1v) is 13.1. The number of carbonyl (C=O) groups excluding carboxylic acids is 2. The summed E-state index contributed by atoms with van der Waals surface area (Å²) in [5, 5.41) is 3.35. The van der Waals surface area contributed by atoms with Gasteiger partial charge in [-0.3, -0.25) is 14.4 Å². The Morgan fingerprint density at radius 3 is 2.37 bits per heavy atom. The zero-order chi connectivity index (χ0) is 25.5. The first-order chi connectivity index (χ1) is 16.4. The first kappa shape index (κ1) is 25.6. The molecule has 1 aromatic heterocycles. The van der Waals surface area contributed by atoms with Crippen molar-refractivity contribution in [2.45, 2.75) is 57.0 Å². The number of halogens is 1. The van der Waals surface area contributed by atoms with Crippen molar-refractivity contribution in [3.8, 4) is 0 Å². The number of nitrogens with one attached hydrogen (secondary N) is 1. The van der Waals surface area contributed by atoms with Crippen molar-refractivity contribution in [3.63, 3.8) is 0 Å². The molecule has 4 rings (SSSR count). The molecule has 1 atom stereocenters. The maximum atomic E-state index is 13.2. The van der Waals surface area contributed by atoms with E-state index >= 15 is 0 Å². The van der Waals surface area contributed by atoms with Crippen LogP contribution in [0.1, 0.15) is 60.0 Å². The van der Waals surface area contributed by atoms with Crippen LogP contribution in [0.25, 0.3) is 0 Å². The van der Waals surface area contributed by atoms with Crippen LogP contribution in [0.15, 0.2) is 41.2 Å². The summed E-state index contributed by atoms with van der Waals surface area (Å²) in [6, 6.07) is 10.0. The Hall–Kier alpha value is -2.49. The van der Waals surface area contributed by atoms with Gasteiger partial charge in [-0.1, -0.05) is 23.7 Å². The zero-order valence-corrected chi connectivity index (χ0v) is 22.0. The van der Waals surface area contributed by atoms with Gasteiger partial charge >= 0.3 is 0 Å². The van der Waals surface area contributed by atoms with Gasteiger partial charge in [0.25, 0.3) is 17.4 Å². The quantitative estimate of drug-likeness (QED) is 0.610. The number of aromatic nitrogens is 1. The van der Waals surface area contributed by atoms with Crippen molar-refractivity contribution in [3.05, 3.63) is 68.6 Å². The molecule has 1 fully saturated rings. The number of fused-ring (bicyclic) bond motifs is 1. The highest BCUT2D eigenvalue weighted by molar-refractivity contribution is 7.84. The normalized spacial score (nSPS) is 17.8. The second-order valence-electron chi connectivity index (χ2n) is 10.2. The van der Waals surface area contributed by atoms with Gasteiger partial charge in [0.1, 0.15) is 22.2 Å². The minimum atomic E-state index is -1.23. The monoisotopic (exact) mass is 518 g/mol. The molecule has 0 saturated heterocycles. The van der Waals surface area contributed by atoms with Gasteiger partial charge in [0.15, 0.2) is 0 Å². The second kappa shape index (κ2) is 9.52. The third-order valence-corrected chi connectivity index (χ3v) is 9.31. The van der Waals surface area contributed by atoms with Gasteiger partial charge in [0.05, 0.1) is 4.75 Å². The highest BCUT2D eigenvalue weighted by atomic mass is 35.5. The Balaban J connectivity index is 1.46. The lowest BCUT2D eigenvalue weighted by atomic mass is 10.1. The number of hydrogen-bond acceptors (Lipinski definition) is 4. The molecule has 1 aromatic carbocycles. The highest BCUT2D eigenvalue weighted by Crippen LogP contribution is 2.45. The fourth-order valence-electron chi connectivity index (χ4n) is 4.09. The van der Waals surface area contributed by atoms with Crippen LogP contribution in [-0.2, 0) is 24.1 Å². The van der Waals surface area contributed by atoms with E-state index in [2.05, 4.69) is 5.32 Å². The van der Waals surface area contributed by atoms with Gasteiger partial charge < -0.3 is 14.8 Å². The van der Waals surface area contributed by atoms with Gasteiger partial charge in [-0.05, 0) is 63.4 Å². The van der Waals surface area contributed by atoms with Crippen molar-refractivity contribution < 1.29 is 13.8 Å². The molecule has 0 radical (unpaired) electrons. The van der Waals surface area contributed by atoms with Crippen molar-refractivity contribution in [1.82, 2.24) is 19.1 Å². The molecular formula is C25H31ClN4O4S. The predicted molar refractivity (Wildman–Crippen MR) is 137 cm³/mol. The lowest BCUT2D eigenvalue weighted by Gasteiger charge is -2.37. The molecule has 2 heterocycles. The minimum Gasteiger partial charge on any atom is -0.348 e. The molecule has 1 saturated carbocycles. The molecule has 188 valence electrons.